The van der Waals surface area contributed by atoms with E-state index in [9.17, 15) is 26.3 Å². The Hall–Kier alpha value is -2.06. The Morgan fingerprint density at radius 3 is 1.68 bits per heavy atom. The molecule has 1 fully saturated rings. The van der Waals surface area contributed by atoms with Gasteiger partial charge in [-0.05, 0) is 50.1 Å². The molecule has 0 amide bonds. The molecule has 0 spiro atoms. The fourth-order valence-electron chi connectivity index (χ4n) is 4.18. The highest BCUT2D eigenvalue weighted by molar-refractivity contribution is 5.33. The maximum Gasteiger partial charge on any atom is 0.416 e. The maximum atomic E-state index is 13.2. The van der Waals surface area contributed by atoms with Crippen LogP contribution in [0.2, 0.25) is 0 Å². The summed E-state index contributed by atoms with van der Waals surface area (Å²) in [5.41, 5.74) is -0.167. The molecule has 2 nitrogen and oxygen atoms in total. The first-order valence-corrected chi connectivity index (χ1v) is 10.1. The third-order valence-corrected chi connectivity index (χ3v) is 5.72. The van der Waals surface area contributed by atoms with Crippen LogP contribution in [0.4, 0.5) is 26.3 Å². The van der Waals surface area contributed by atoms with E-state index in [1.807, 2.05) is 37.8 Å². The lowest BCUT2D eigenvalue weighted by Crippen LogP contribution is -2.55. The van der Waals surface area contributed by atoms with Crippen LogP contribution in [0.3, 0.4) is 0 Å². The molecule has 0 N–H and O–H groups in total. The summed E-state index contributed by atoms with van der Waals surface area (Å²) in [6.07, 6.45) is -9.67. The summed E-state index contributed by atoms with van der Waals surface area (Å²) in [6, 6.07) is 10.0. The molecule has 0 radical (unpaired) electrons. The van der Waals surface area contributed by atoms with Gasteiger partial charge in [0.15, 0.2) is 0 Å². The van der Waals surface area contributed by atoms with Crippen molar-refractivity contribution >= 4 is 0 Å². The van der Waals surface area contributed by atoms with Crippen molar-refractivity contribution in [3.8, 4) is 0 Å². The van der Waals surface area contributed by atoms with E-state index in [-0.39, 0.29) is 30.3 Å². The van der Waals surface area contributed by atoms with Gasteiger partial charge in [0.2, 0.25) is 0 Å². The average Bonchev–Trinajstić information content (AvgIpc) is 2.65. The lowest BCUT2D eigenvalue weighted by Gasteiger charge is -2.44. The smallest absolute Gasteiger partial charge is 0.296 e. The fraction of sp³-hybridized carbons (Fsp3) is 0.478. The van der Waals surface area contributed by atoms with E-state index < -0.39 is 23.5 Å². The summed E-state index contributed by atoms with van der Waals surface area (Å²) in [5, 5.41) is 0. The third-order valence-electron chi connectivity index (χ3n) is 5.72. The summed E-state index contributed by atoms with van der Waals surface area (Å²) < 4.78 is 79.0. The molecule has 1 saturated heterocycles. The number of hydrogen-bond acceptors (Lipinski definition) is 2. The van der Waals surface area contributed by atoms with Gasteiger partial charge in [0.1, 0.15) is 0 Å². The lowest BCUT2D eigenvalue weighted by atomic mass is 10.0. The molecule has 0 bridgehead atoms. The molecule has 1 heterocycles. The summed E-state index contributed by atoms with van der Waals surface area (Å²) >= 11 is 0. The van der Waals surface area contributed by atoms with Crippen molar-refractivity contribution in [2.45, 2.75) is 58.3 Å². The van der Waals surface area contributed by atoms with Crippen molar-refractivity contribution in [1.29, 1.82) is 0 Å². The standard InChI is InChI=1S/C23H26F6N2/c1-15-4-6-18(7-5-15)13-30-11-16(2)31(17(3)12-30)14-19-8-20(22(24,25)26)10-21(9-19)23(27,28)29/h4-10,16-17H,11-14H2,1-3H3. The van der Waals surface area contributed by atoms with Gasteiger partial charge in [0, 0.05) is 38.3 Å². The minimum absolute atomic E-state index is 0.0157. The van der Waals surface area contributed by atoms with E-state index in [2.05, 4.69) is 17.0 Å². The second-order valence-electron chi connectivity index (χ2n) is 8.46. The molecule has 0 aromatic heterocycles. The molecule has 170 valence electrons. The van der Waals surface area contributed by atoms with Crippen LogP contribution in [0.1, 0.15) is 41.7 Å². The predicted molar refractivity (Wildman–Crippen MR) is 107 cm³/mol. The Balaban J connectivity index is 1.76. The number of piperazine rings is 1. The summed E-state index contributed by atoms with van der Waals surface area (Å²) in [7, 11) is 0. The van der Waals surface area contributed by atoms with E-state index in [0.29, 0.717) is 13.1 Å². The monoisotopic (exact) mass is 444 g/mol. The van der Waals surface area contributed by atoms with Gasteiger partial charge in [-0.1, -0.05) is 29.8 Å². The van der Waals surface area contributed by atoms with Crippen LogP contribution in [-0.2, 0) is 25.4 Å². The Kier molecular flexibility index (Phi) is 6.72. The summed E-state index contributed by atoms with van der Waals surface area (Å²) in [6.45, 7) is 8.09. The van der Waals surface area contributed by atoms with E-state index in [4.69, 9.17) is 0 Å². The molecule has 2 atom stereocenters. The fourth-order valence-corrected chi connectivity index (χ4v) is 4.18. The SMILES string of the molecule is Cc1ccc(CN2CC(C)N(Cc3cc(C(F)(F)F)cc(C(F)(F)F)c3)C(C)C2)cc1. The summed E-state index contributed by atoms with van der Waals surface area (Å²) in [4.78, 5) is 4.24. The van der Waals surface area contributed by atoms with Gasteiger partial charge in [-0.3, -0.25) is 9.80 Å². The van der Waals surface area contributed by atoms with Gasteiger partial charge in [-0.25, -0.2) is 0 Å². The van der Waals surface area contributed by atoms with Crippen LogP contribution in [-0.4, -0.2) is 35.0 Å². The van der Waals surface area contributed by atoms with E-state index in [1.54, 1.807) is 0 Å². The molecule has 8 heteroatoms. The molecule has 2 aromatic rings. The molecule has 2 unspecified atom stereocenters. The van der Waals surface area contributed by atoms with Crippen LogP contribution >= 0.6 is 0 Å². The van der Waals surface area contributed by atoms with Crippen LogP contribution < -0.4 is 0 Å². The van der Waals surface area contributed by atoms with E-state index in [1.165, 1.54) is 11.1 Å². The Labute approximate surface area is 178 Å². The number of rotatable bonds is 4. The minimum Gasteiger partial charge on any atom is -0.296 e. The van der Waals surface area contributed by atoms with E-state index in [0.717, 1.165) is 18.7 Å². The van der Waals surface area contributed by atoms with Crippen LogP contribution in [0, 0.1) is 6.92 Å². The molecule has 1 aliphatic rings. The highest BCUT2D eigenvalue weighted by Crippen LogP contribution is 2.37. The first kappa shape index (κ1) is 23.6. The van der Waals surface area contributed by atoms with Crippen LogP contribution in [0.15, 0.2) is 42.5 Å². The van der Waals surface area contributed by atoms with Crippen molar-refractivity contribution in [1.82, 2.24) is 9.80 Å². The highest BCUT2D eigenvalue weighted by atomic mass is 19.4. The van der Waals surface area contributed by atoms with Crippen molar-refractivity contribution in [3.63, 3.8) is 0 Å². The Morgan fingerprint density at radius 1 is 0.742 bits per heavy atom. The quantitative estimate of drug-likeness (QED) is 0.524. The first-order chi connectivity index (χ1) is 14.3. The van der Waals surface area contributed by atoms with Gasteiger partial charge in [-0.2, -0.15) is 26.3 Å². The van der Waals surface area contributed by atoms with Gasteiger partial charge in [-0.15, -0.1) is 0 Å². The van der Waals surface area contributed by atoms with Gasteiger partial charge in [0.25, 0.3) is 0 Å². The molecular weight excluding hydrogens is 418 g/mol. The number of alkyl halides is 6. The predicted octanol–water partition coefficient (Wildman–Crippen LogP) is 6.13. The number of hydrogen-bond donors (Lipinski definition) is 0. The van der Waals surface area contributed by atoms with Crippen LogP contribution in [0.25, 0.3) is 0 Å². The number of aryl methyl sites for hydroxylation is 1. The molecule has 31 heavy (non-hydrogen) atoms. The molecule has 0 aliphatic carbocycles. The first-order valence-electron chi connectivity index (χ1n) is 10.1. The normalized spacial score (nSPS) is 21.5. The van der Waals surface area contributed by atoms with Crippen molar-refractivity contribution in [3.05, 3.63) is 70.3 Å². The second-order valence-corrected chi connectivity index (χ2v) is 8.46. The zero-order valence-electron chi connectivity index (χ0n) is 17.7. The Morgan fingerprint density at radius 2 is 1.23 bits per heavy atom. The third kappa shape index (κ3) is 6.01. The number of benzene rings is 2. The Bertz CT molecular complexity index is 844. The largest absolute Gasteiger partial charge is 0.416 e. The molecular formula is C23H26F6N2. The second kappa shape index (κ2) is 8.82. The zero-order valence-corrected chi connectivity index (χ0v) is 17.7. The molecule has 3 rings (SSSR count). The number of halogens is 6. The van der Waals surface area contributed by atoms with Gasteiger partial charge in [0.05, 0.1) is 11.1 Å². The zero-order chi connectivity index (χ0) is 23.0. The number of nitrogens with zero attached hydrogens (tertiary/aromatic N) is 2. The summed E-state index contributed by atoms with van der Waals surface area (Å²) in [5.74, 6) is 0. The molecule has 2 aromatic carbocycles. The molecule has 1 aliphatic heterocycles. The topological polar surface area (TPSA) is 6.48 Å². The highest BCUT2D eigenvalue weighted by Gasteiger charge is 2.37. The van der Waals surface area contributed by atoms with Gasteiger partial charge >= 0.3 is 12.4 Å². The molecule has 0 saturated carbocycles. The van der Waals surface area contributed by atoms with E-state index >= 15 is 0 Å². The minimum atomic E-state index is -4.83. The van der Waals surface area contributed by atoms with Crippen molar-refractivity contribution < 1.29 is 26.3 Å². The van der Waals surface area contributed by atoms with Crippen molar-refractivity contribution in [2.75, 3.05) is 13.1 Å². The van der Waals surface area contributed by atoms with Crippen LogP contribution in [0.5, 0.6) is 0 Å². The van der Waals surface area contributed by atoms with Gasteiger partial charge < -0.3 is 0 Å². The maximum absolute atomic E-state index is 13.2. The van der Waals surface area contributed by atoms with Crippen molar-refractivity contribution in [2.24, 2.45) is 0 Å². The lowest BCUT2D eigenvalue weighted by molar-refractivity contribution is -0.143. The average molecular weight is 444 g/mol.